The summed E-state index contributed by atoms with van der Waals surface area (Å²) in [6, 6.07) is 8.26. The molecule has 4 heteroatoms. The van der Waals surface area contributed by atoms with Gasteiger partial charge in [-0.25, -0.2) is 0 Å². The van der Waals surface area contributed by atoms with Gasteiger partial charge in [0.25, 0.3) is 0 Å². The fourth-order valence-corrected chi connectivity index (χ4v) is 3.93. The number of ketones is 1. The highest BCUT2D eigenvalue weighted by atomic mass is 32.1. The average molecular weight is 304 g/mol. The smallest absolute Gasteiger partial charge is 0.178 e. The zero-order valence-electron chi connectivity index (χ0n) is 13.5. The lowest BCUT2D eigenvalue weighted by atomic mass is 9.99. The minimum Gasteiger partial charge on any atom is -0.309 e. The van der Waals surface area contributed by atoms with Gasteiger partial charge in [-0.15, -0.1) is 11.3 Å². The van der Waals surface area contributed by atoms with Crippen molar-refractivity contribution in [3.63, 3.8) is 0 Å². The summed E-state index contributed by atoms with van der Waals surface area (Å²) in [5, 5.41) is 1.21. The number of carbonyl (C=O) groups is 1. The zero-order chi connectivity index (χ0) is 15.6. The summed E-state index contributed by atoms with van der Waals surface area (Å²) < 4.78 is 1.20. The van der Waals surface area contributed by atoms with Crippen LogP contribution in [-0.2, 0) is 0 Å². The molecule has 0 radical (unpaired) electrons. The number of Topliss-reactive ketones (excluding diaryl/α,β-unsaturated/α-hetero) is 1. The first-order chi connectivity index (χ1) is 9.90. The van der Waals surface area contributed by atoms with Crippen LogP contribution in [0.15, 0.2) is 24.3 Å². The van der Waals surface area contributed by atoms with E-state index >= 15 is 0 Å². The molecule has 1 aromatic carbocycles. The number of nitrogens with zero attached hydrogens (tertiary/aromatic N) is 2. The van der Waals surface area contributed by atoms with E-state index in [1.165, 1.54) is 10.1 Å². The van der Waals surface area contributed by atoms with Crippen LogP contribution in [-0.4, -0.2) is 56.9 Å². The molecule has 0 aliphatic rings. The Hall–Kier alpha value is -1.23. The van der Waals surface area contributed by atoms with Crippen LogP contribution in [0.1, 0.15) is 15.2 Å². The summed E-state index contributed by atoms with van der Waals surface area (Å²) >= 11 is 1.63. The SMILES string of the molecule is Cc1c(C(=O)C(CN(C)C)CN(C)C)sc2ccccc12. The quantitative estimate of drug-likeness (QED) is 0.766. The Balaban J connectivity index is 2.35. The number of carbonyl (C=O) groups excluding carboxylic acids is 1. The first-order valence-corrected chi connectivity index (χ1v) is 8.03. The number of aryl methyl sites for hydroxylation is 1. The van der Waals surface area contributed by atoms with E-state index in [2.05, 4.69) is 28.9 Å². The molecular weight excluding hydrogens is 280 g/mol. The minimum atomic E-state index is 0.0155. The van der Waals surface area contributed by atoms with Gasteiger partial charge in [0, 0.05) is 23.7 Å². The Morgan fingerprint density at radius 2 is 1.67 bits per heavy atom. The third-order valence-electron chi connectivity index (χ3n) is 3.61. The standard InChI is InChI=1S/C17H24N2OS/c1-12-14-8-6-7-9-15(14)21-17(12)16(20)13(10-18(2)3)11-19(4)5/h6-9,13H,10-11H2,1-5H3. The normalized spacial score (nSPS) is 12.0. The van der Waals surface area contributed by atoms with Gasteiger partial charge in [0.05, 0.1) is 4.88 Å². The van der Waals surface area contributed by atoms with Crippen molar-refractivity contribution in [2.24, 2.45) is 5.92 Å². The number of thiophene rings is 1. The van der Waals surface area contributed by atoms with Gasteiger partial charge in [0.1, 0.15) is 0 Å². The molecule has 21 heavy (non-hydrogen) atoms. The maximum atomic E-state index is 13.0. The van der Waals surface area contributed by atoms with Crippen LogP contribution in [0.25, 0.3) is 10.1 Å². The Labute approximate surface area is 131 Å². The molecule has 0 aliphatic carbocycles. The number of benzene rings is 1. The van der Waals surface area contributed by atoms with Gasteiger partial charge in [0.15, 0.2) is 5.78 Å². The topological polar surface area (TPSA) is 23.6 Å². The van der Waals surface area contributed by atoms with Gasteiger partial charge in [-0.2, -0.15) is 0 Å². The molecule has 0 unspecified atom stereocenters. The van der Waals surface area contributed by atoms with E-state index in [4.69, 9.17) is 0 Å². The van der Waals surface area contributed by atoms with Crippen LogP contribution >= 0.6 is 11.3 Å². The molecular formula is C17H24N2OS. The maximum Gasteiger partial charge on any atom is 0.178 e. The van der Waals surface area contributed by atoms with E-state index in [-0.39, 0.29) is 11.7 Å². The largest absolute Gasteiger partial charge is 0.309 e. The first kappa shape index (κ1) is 16.1. The molecule has 0 N–H and O–H groups in total. The second-order valence-electron chi connectivity index (χ2n) is 6.14. The third-order valence-corrected chi connectivity index (χ3v) is 4.90. The highest BCUT2D eigenvalue weighted by Gasteiger charge is 2.25. The van der Waals surface area contributed by atoms with Crippen molar-refractivity contribution in [2.75, 3.05) is 41.3 Å². The van der Waals surface area contributed by atoms with E-state index in [9.17, 15) is 4.79 Å². The molecule has 1 aromatic heterocycles. The summed E-state index contributed by atoms with van der Waals surface area (Å²) in [5.41, 5.74) is 1.13. The second-order valence-corrected chi connectivity index (χ2v) is 7.19. The lowest BCUT2D eigenvalue weighted by molar-refractivity contribution is 0.0874. The summed E-state index contributed by atoms with van der Waals surface area (Å²) in [4.78, 5) is 18.1. The van der Waals surface area contributed by atoms with Crippen molar-refractivity contribution in [2.45, 2.75) is 6.92 Å². The highest BCUT2D eigenvalue weighted by Crippen LogP contribution is 2.32. The van der Waals surface area contributed by atoms with Gasteiger partial charge in [-0.3, -0.25) is 4.79 Å². The number of hydrogen-bond acceptors (Lipinski definition) is 4. The van der Waals surface area contributed by atoms with E-state index in [0.29, 0.717) is 0 Å². The Morgan fingerprint density at radius 1 is 1.10 bits per heavy atom. The molecule has 0 amide bonds. The Morgan fingerprint density at radius 3 is 2.19 bits per heavy atom. The molecule has 1 heterocycles. The lowest BCUT2D eigenvalue weighted by Crippen LogP contribution is -2.35. The predicted molar refractivity (Wildman–Crippen MR) is 91.5 cm³/mol. The molecule has 0 fully saturated rings. The molecule has 114 valence electrons. The van der Waals surface area contributed by atoms with Crippen LogP contribution in [0.2, 0.25) is 0 Å². The van der Waals surface area contributed by atoms with Crippen LogP contribution in [0.4, 0.5) is 0 Å². The fraction of sp³-hybridized carbons (Fsp3) is 0.471. The molecule has 0 saturated heterocycles. The molecule has 3 nitrogen and oxygen atoms in total. The summed E-state index contributed by atoms with van der Waals surface area (Å²) in [7, 11) is 8.09. The zero-order valence-corrected chi connectivity index (χ0v) is 14.3. The highest BCUT2D eigenvalue weighted by molar-refractivity contribution is 7.21. The molecule has 0 bridgehead atoms. The molecule has 0 atom stereocenters. The molecule has 0 spiro atoms. The Kier molecular flexibility index (Phi) is 5.14. The van der Waals surface area contributed by atoms with Crippen molar-refractivity contribution in [3.8, 4) is 0 Å². The van der Waals surface area contributed by atoms with Crippen molar-refractivity contribution in [1.29, 1.82) is 0 Å². The van der Waals surface area contributed by atoms with E-state index in [0.717, 1.165) is 23.5 Å². The van der Waals surface area contributed by atoms with Crippen molar-refractivity contribution < 1.29 is 4.79 Å². The van der Waals surface area contributed by atoms with Crippen LogP contribution in [0, 0.1) is 12.8 Å². The third kappa shape index (κ3) is 3.70. The average Bonchev–Trinajstić information content (AvgIpc) is 2.74. The van der Waals surface area contributed by atoms with E-state index in [1.54, 1.807) is 11.3 Å². The monoisotopic (exact) mass is 304 g/mol. The van der Waals surface area contributed by atoms with Crippen LogP contribution < -0.4 is 0 Å². The fourth-order valence-electron chi connectivity index (χ4n) is 2.70. The van der Waals surface area contributed by atoms with E-state index < -0.39 is 0 Å². The first-order valence-electron chi connectivity index (χ1n) is 7.22. The summed E-state index contributed by atoms with van der Waals surface area (Å²) in [6.07, 6.45) is 0. The number of hydrogen-bond donors (Lipinski definition) is 0. The van der Waals surface area contributed by atoms with Crippen LogP contribution in [0.5, 0.6) is 0 Å². The second kappa shape index (κ2) is 6.69. The predicted octanol–water partition coefficient (Wildman–Crippen LogP) is 3.13. The summed E-state index contributed by atoms with van der Waals surface area (Å²) in [6.45, 7) is 3.63. The van der Waals surface area contributed by atoms with Gasteiger partial charge in [0.2, 0.25) is 0 Å². The maximum absolute atomic E-state index is 13.0. The van der Waals surface area contributed by atoms with Gasteiger partial charge >= 0.3 is 0 Å². The molecule has 2 aromatic rings. The van der Waals surface area contributed by atoms with Crippen molar-refractivity contribution in [3.05, 3.63) is 34.7 Å². The van der Waals surface area contributed by atoms with E-state index in [1.807, 2.05) is 40.3 Å². The number of fused-ring (bicyclic) bond motifs is 1. The molecule has 2 rings (SSSR count). The summed E-state index contributed by atoms with van der Waals surface area (Å²) in [5.74, 6) is 0.290. The molecule has 0 aliphatic heterocycles. The minimum absolute atomic E-state index is 0.0155. The Bertz CT molecular complexity index is 621. The van der Waals surface area contributed by atoms with Crippen molar-refractivity contribution in [1.82, 2.24) is 9.80 Å². The van der Waals surface area contributed by atoms with Gasteiger partial charge in [-0.05, 0) is 52.1 Å². The molecule has 0 saturated carbocycles. The lowest BCUT2D eigenvalue weighted by Gasteiger charge is -2.23. The number of rotatable bonds is 6. The van der Waals surface area contributed by atoms with Crippen LogP contribution in [0.3, 0.4) is 0 Å². The van der Waals surface area contributed by atoms with Gasteiger partial charge in [-0.1, -0.05) is 18.2 Å². The van der Waals surface area contributed by atoms with Crippen molar-refractivity contribution >= 4 is 27.2 Å². The van der Waals surface area contributed by atoms with Gasteiger partial charge < -0.3 is 9.80 Å².